The van der Waals surface area contributed by atoms with Crippen molar-refractivity contribution in [2.45, 2.75) is 6.18 Å². The quantitative estimate of drug-likeness (QED) is 0.352. The number of hydrogen-bond donors (Lipinski definition) is 0. The van der Waals surface area contributed by atoms with Crippen LogP contribution < -0.4 is 0 Å². The third-order valence-corrected chi connectivity index (χ3v) is 2.26. The van der Waals surface area contributed by atoms with Crippen LogP contribution in [-0.2, 0) is 6.18 Å². The Kier molecular flexibility index (Phi) is 5.45. The minimum atomic E-state index is -4.21. The van der Waals surface area contributed by atoms with E-state index in [9.17, 15) is 39.5 Å². The number of halogens is 9. The molecule has 0 heterocycles. The van der Waals surface area contributed by atoms with Crippen molar-refractivity contribution in [2.75, 3.05) is 0 Å². The maximum atomic E-state index is 12.0. The highest BCUT2D eigenvalue weighted by Gasteiger charge is 2.29. The fourth-order valence-electron chi connectivity index (χ4n) is 1.21. The van der Waals surface area contributed by atoms with Gasteiger partial charge in [-0.3, -0.25) is 0 Å². The first-order valence-electron chi connectivity index (χ1n) is 5.36. The van der Waals surface area contributed by atoms with Gasteiger partial charge >= 0.3 is 6.18 Å². The van der Waals surface area contributed by atoms with Gasteiger partial charge in [0.05, 0.1) is 5.56 Å². The normalized spacial score (nSPS) is 11.0. The second-order valence-corrected chi connectivity index (χ2v) is 3.75. The largest absolute Gasteiger partial charge is 0.416 e. The van der Waals surface area contributed by atoms with Gasteiger partial charge in [0, 0.05) is 0 Å². The zero-order valence-electron chi connectivity index (χ0n) is 10.3. The van der Waals surface area contributed by atoms with Crippen LogP contribution in [0.2, 0.25) is 0 Å². The van der Waals surface area contributed by atoms with Gasteiger partial charge in [0.15, 0.2) is 0 Å². The van der Waals surface area contributed by atoms with E-state index in [1.165, 1.54) is 12.1 Å². The highest BCUT2D eigenvalue weighted by Crippen LogP contribution is 2.28. The molecule has 22 heavy (non-hydrogen) atoms. The lowest BCUT2D eigenvalue weighted by molar-refractivity contribution is -0.137. The molecule has 2 aromatic rings. The van der Waals surface area contributed by atoms with Crippen LogP contribution in [0.5, 0.6) is 0 Å². The number of hydrogen-bond acceptors (Lipinski definition) is 0. The Balaban J connectivity index is 0.000000224. The van der Waals surface area contributed by atoms with Crippen LogP contribution in [0.3, 0.4) is 0 Å². The van der Waals surface area contributed by atoms with Gasteiger partial charge in [-0.25, -0.2) is 26.3 Å². The molecule has 0 atom stereocenters. The van der Waals surface area contributed by atoms with Crippen LogP contribution in [0.25, 0.3) is 0 Å². The summed E-state index contributed by atoms with van der Waals surface area (Å²) in [5, 5.41) is 0. The lowest BCUT2D eigenvalue weighted by Crippen LogP contribution is -2.04. The van der Waals surface area contributed by atoms with Gasteiger partial charge in [0.1, 0.15) is 0 Å². The lowest BCUT2D eigenvalue weighted by atomic mass is 10.2. The second kappa shape index (κ2) is 6.71. The first-order valence-corrected chi connectivity index (χ1v) is 5.36. The molecule has 0 saturated carbocycles. The maximum absolute atomic E-state index is 12.0. The van der Waals surface area contributed by atoms with Crippen molar-refractivity contribution in [1.29, 1.82) is 0 Å². The molecular formula is C13H5F9. The van der Waals surface area contributed by atoms with Crippen LogP contribution in [0.15, 0.2) is 30.3 Å². The van der Waals surface area contributed by atoms with E-state index in [1.54, 1.807) is 6.07 Å². The van der Waals surface area contributed by atoms with Gasteiger partial charge in [0.25, 0.3) is 0 Å². The zero-order valence-corrected chi connectivity index (χ0v) is 10.3. The van der Waals surface area contributed by atoms with Crippen molar-refractivity contribution in [3.05, 3.63) is 70.8 Å². The molecule has 0 N–H and O–H groups in total. The van der Waals surface area contributed by atoms with Gasteiger partial charge in [-0.05, 0) is 0 Å². The van der Waals surface area contributed by atoms with E-state index in [0.717, 1.165) is 12.1 Å². The van der Waals surface area contributed by atoms with E-state index in [1.807, 2.05) is 0 Å². The molecule has 0 aliphatic carbocycles. The summed E-state index contributed by atoms with van der Waals surface area (Å²) in [4.78, 5) is 0. The van der Waals surface area contributed by atoms with Crippen LogP contribution in [0.1, 0.15) is 5.56 Å². The second-order valence-electron chi connectivity index (χ2n) is 3.75. The molecule has 9 heteroatoms. The van der Waals surface area contributed by atoms with Crippen LogP contribution in [0.4, 0.5) is 39.5 Å². The smallest absolute Gasteiger partial charge is 0.200 e. The Morgan fingerprint density at radius 2 is 0.773 bits per heavy atom. The number of rotatable bonds is 0. The van der Waals surface area contributed by atoms with Crippen molar-refractivity contribution in [3.8, 4) is 0 Å². The van der Waals surface area contributed by atoms with Crippen LogP contribution >= 0.6 is 0 Å². The summed E-state index contributed by atoms with van der Waals surface area (Å²) < 4.78 is 108. The highest BCUT2D eigenvalue weighted by molar-refractivity contribution is 5.17. The summed E-state index contributed by atoms with van der Waals surface area (Å²) in [6, 6.07) is 6.36. The Morgan fingerprint density at radius 3 is 0.955 bits per heavy atom. The van der Waals surface area contributed by atoms with Gasteiger partial charge in [0.2, 0.25) is 34.9 Å². The molecule has 0 amide bonds. The molecule has 0 unspecified atom stereocenters. The van der Waals surface area contributed by atoms with E-state index in [4.69, 9.17) is 0 Å². The van der Waals surface area contributed by atoms with Gasteiger partial charge in [-0.2, -0.15) is 13.2 Å². The van der Waals surface area contributed by atoms with Gasteiger partial charge in [-0.15, -0.1) is 0 Å². The fraction of sp³-hybridized carbons (Fsp3) is 0.0769. The Morgan fingerprint density at radius 1 is 0.500 bits per heavy atom. The third-order valence-electron chi connectivity index (χ3n) is 2.26. The number of alkyl halides is 3. The SMILES string of the molecule is FC(F)(F)c1ccccc1.Fc1c(F)c(F)c(F)c(F)c1F. The molecule has 0 aliphatic heterocycles. The summed E-state index contributed by atoms with van der Waals surface area (Å²) in [6.07, 6.45) is -4.21. The summed E-state index contributed by atoms with van der Waals surface area (Å²) >= 11 is 0. The molecule has 0 radical (unpaired) electrons. The van der Waals surface area contributed by atoms with E-state index >= 15 is 0 Å². The van der Waals surface area contributed by atoms with Crippen molar-refractivity contribution >= 4 is 0 Å². The minimum Gasteiger partial charge on any atom is -0.200 e. The zero-order chi connectivity index (χ0) is 17.1. The third kappa shape index (κ3) is 3.92. The summed E-state index contributed by atoms with van der Waals surface area (Å²) in [7, 11) is 0. The molecule has 0 bridgehead atoms. The van der Waals surface area contributed by atoms with E-state index in [2.05, 4.69) is 0 Å². The van der Waals surface area contributed by atoms with Gasteiger partial charge in [-0.1, -0.05) is 30.3 Å². The molecule has 0 spiro atoms. The summed E-state index contributed by atoms with van der Waals surface area (Å²) in [6.45, 7) is 0. The Bertz CT molecular complexity index is 542. The first kappa shape index (κ1) is 17.9. The van der Waals surface area contributed by atoms with E-state index in [0.29, 0.717) is 0 Å². The Labute approximate surface area is 117 Å². The van der Waals surface area contributed by atoms with Crippen molar-refractivity contribution < 1.29 is 39.5 Å². The Hall–Kier alpha value is -2.19. The lowest BCUT2D eigenvalue weighted by Gasteiger charge is -2.03. The molecule has 0 aliphatic rings. The van der Waals surface area contributed by atoms with E-state index < -0.39 is 46.6 Å². The van der Waals surface area contributed by atoms with Crippen LogP contribution in [0, 0.1) is 34.9 Å². The molecule has 0 saturated heterocycles. The summed E-state index contributed by atoms with van der Waals surface area (Å²) in [5.74, 6) is -14.2. The number of benzene rings is 2. The average Bonchev–Trinajstić information content (AvgIpc) is 2.50. The molecule has 0 nitrogen and oxygen atoms in total. The van der Waals surface area contributed by atoms with Crippen molar-refractivity contribution in [2.24, 2.45) is 0 Å². The van der Waals surface area contributed by atoms with Crippen molar-refractivity contribution in [1.82, 2.24) is 0 Å². The molecular weight excluding hydrogens is 327 g/mol. The molecule has 0 aromatic heterocycles. The monoisotopic (exact) mass is 332 g/mol. The highest BCUT2D eigenvalue weighted by atomic mass is 19.4. The molecule has 2 aromatic carbocycles. The topological polar surface area (TPSA) is 0 Å². The fourth-order valence-corrected chi connectivity index (χ4v) is 1.21. The molecule has 2 rings (SSSR count). The predicted molar refractivity (Wildman–Crippen MR) is 57.6 cm³/mol. The van der Waals surface area contributed by atoms with E-state index in [-0.39, 0.29) is 0 Å². The summed E-state index contributed by atoms with van der Waals surface area (Å²) in [5.41, 5.74) is -0.602. The van der Waals surface area contributed by atoms with Crippen molar-refractivity contribution in [3.63, 3.8) is 0 Å². The minimum absolute atomic E-state index is 0.602. The van der Waals surface area contributed by atoms with Crippen LogP contribution in [-0.4, -0.2) is 0 Å². The standard InChI is InChI=1S/C7H5F3.C6F6/c8-7(9,10)6-4-2-1-3-5-6;7-1-2(8)4(10)6(12)5(11)3(1)9/h1-5H;. The molecule has 120 valence electrons. The maximum Gasteiger partial charge on any atom is 0.416 e. The average molecular weight is 332 g/mol. The first-order chi connectivity index (χ1) is 10.1. The van der Waals surface area contributed by atoms with Gasteiger partial charge < -0.3 is 0 Å². The predicted octanol–water partition coefficient (Wildman–Crippen LogP) is 5.23. The molecule has 0 fully saturated rings.